The molecule has 5 nitrogen and oxygen atoms in total. The van der Waals surface area contributed by atoms with E-state index in [1.807, 2.05) is 16.6 Å². The van der Waals surface area contributed by atoms with Gasteiger partial charge in [-0.15, -0.1) is 12.4 Å². The molecule has 140 valence electrons. The summed E-state index contributed by atoms with van der Waals surface area (Å²) >= 11 is 0. The van der Waals surface area contributed by atoms with Gasteiger partial charge < -0.3 is 10.2 Å². The molecule has 1 fully saturated rings. The summed E-state index contributed by atoms with van der Waals surface area (Å²) < 4.78 is 15.1. The van der Waals surface area contributed by atoms with Gasteiger partial charge in [-0.05, 0) is 63.4 Å². The number of fused-ring (bicyclic) bond motifs is 1. The Labute approximate surface area is 159 Å². The van der Waals surface area contributed by atoms with Crippen LogP contribution < -0.4 is 5.32 Å². The van der Waals surface area contributed by atoms with Gasteiger partial charge >= 0.3 is 0 Å². The Hall–Kier alpha value is -1.92. The van der Waals surface area contributed by atoms with Crippen molar-refractivity contribution in [3.63, 3.8) is 0 Å². The van der Waals surface area contributed by atoms with Gasteiger partial charge in [-0.2, -0.15) is 5.10 Å². The van der Waals surface area contributed by atoms with E-state index >= 15 is 0 Å². The molecule has 26 heavy (non-hydrogen) atoms. The Balaban J connectivity index is 0.00000196. The lowest BCUT2D eigenvalue weighted by Crippen LogP contribution is -2.47. The number of likely N-dealkylation sites (tertiary alicyclic amines) is 1. The molecule has 1 aliphatic heterocycles. The molecular weight excluding hydrogens is 355 g/mol. The van der Waals surface area contributed by atoms with E-state index in [0.29, 0.717) is 11.7 Å². The predicted molar refractivity (Wildman–Crippen MR) is 101 cm³/mol. The highest BCUT2D eigenvalue weighted by atomic mass is 35.5. The number of nitrogens with one attached hydrogen (secondary N) is 1. The fourth-order valence-electron chi connectivity index (χ4n) is 3.95. The van der Waals surface area contributed by atoms with Crippen molar-refractivity contribution >= 4 is 18.3 Å². The van der Waals surface area contributed by atoms with Crippen molar-refractivity contribution in [2.75, 3.05) is 20.1 Å². The first-order chi connectivity index (χ1) is 12.2. The maximum absolute atomic E-state index is 13.2. The van der Waals surface area contributed by atoms with E-state index < -0.39 is 0 Å². The maximum Gasteiger partial charge on any atom is 0.274 e. The van der Waals surface area contributed by atoms with Gasteiger partial charge in [0.2, 0.25) is 0 Å². The number of amides is 1. The van der Waals surface area contributed by atoms with Crippen LogP contribution in [0.1, 0.15) is 41.0 Å². The first kappa shape index (κ1) is 18.9. The van der Waals surface area contributed by atoms with E-state index in [9.17, 15) is 9.18 Å². The number of hydrogen-bond donors (Lipinski definition) is 1. The molecule has 1 unspecified atom stereocenters. The van der Waals surface area contributed by atoms with Crippen molar-refractivity contribution in [1.29, 1.82) is 0 Å². The summed E-state index contributed by atoms with van der Waals surface area (Å²) in [4.78, 5) is 15.0. The number of benzene rings is 1. The van der Waals surface area contributed by atoms with Gasteiger partial charge in [0.1, 0.15) is 5.82 Å². The van der Waals surface area contributed by atoms with Gasteiger partial charge in [-0.3, -0.25) is 4.79 Å². The fourth-order valence-corrected chi connectivity index (χ4v) is 3.95. The number of piperidine rings is 1. The quantitative estimate of drug-likeness (QED) is 0.893. The molecule has 2 heterocycles. The van der Waals surface area contributed by atoms with Crippen LogP contribution in [-0.2, 0) is 12.8 Å². The Morgan fingerprint density at radius 3 is 2.73 bits per heavy atom. The maximum atomic E-state index is 13.2. The van der Waals surface area contributed by atoms with Gasteiger partial charge in [0.25, 0.3) is 5.91 Å². The molecule has 1 N–H and O–H groups in total. The summed E-state index contributed by atoms with van der Waals surface area (Å²) in [5.74, 6) is -0.241. The number of rotatable bonds is 3. The van der Waals surface area contributed by atoms with Crippen molar-refractivity contribution in [1.82, 2.24) is 20.0 Å². The molecule has 7 heteroatoms. The molecule has 2 aromatic rings. The van der Waals surface area contributed by atoms with E-state index in [4.69, 9.17) is 0 Å². The molecule has 0 bridgehead atoms. The van der Waals surface area contributed by atoms with Crippen molar-refractivity contribution in [2.45, 2.75) is 38.1 Å². The molecule has 1 amide bonds. The van der Waals surface area contributed by atoms with Gasteiger partial charge in [-0.1, -0.05) is 0 Å². The lowest BCUT2D eigenvalue weighted by molar-refractivity contribution is 0.0690. The Bertz CT molecular complexity index is 790. The Morgan fingerprint density at radius 1 is 1.23 bits per heavy atom. The Kier molecular flexibility index (Phi) is 5.63. The second kappa shape index (κ2) is 7.76. The third kappa shape index (κ3) is 3.35. The van der Waals surface area contributed by atoms with E-state index in [0.717, 1.165) is 62.1 Å². The highest BCUT2D eigenvalue weighted by molar-refractivity contribution is 5.94. The summed E-state index contributed by atoms with van der Waals surface area (Å²) in [7, 11) is 1.94. The van der Waals surface area contributed by atoms with Crippen molar-refractivity contribution in [3.8, 4) is 5.69 Å². The lowest BCUT2D eigenvalue weighted by atomic mass is 10.0. The van der Waals surface area contributed by atoms with Gasteiger partial charge in [-0.25, -0.2) is 9.07 Å². The average molecular weight is 379 g/mol. The molecule has 1 aromatic carbocycles. The largest absolute Gasteiger partial charge is 0.336 e. The van der Waals surface area contributed by atoms with Gasteiger partial charge in [0.15, 0.2) is 5.69 Å². The van der Waals surface area contributed by atoms with Crippen LogP contribution in [0.3, 0.4) is 0 Å². The molecule has 1 aromatic heterocycles. The van der Waals surface area contributed by atoms with Crippen molar-refractivity contribution < 1.29 is 9.18 Å². The molecule has 0 radical (unpaired) electrons. The number of nitrogens with zero attached hydrogens (tertiary/aromatic N) is 3. The average Bonchev–Trinajstić information content (AvgIpc) is 3.24. The van der Waals surface area contributed by atoms with E-state index in [2.05, 4.69) is 10.4 Å². The first-order valence-electron chi connectivity index (χ1n) is 9.00. The molecule has 1 saturated heterocycles. The van der Waals surface area contributed by atoms with Crippen LogP contribution in [0.4, 0.5) is 4.39 Å². The SMILES string of the molecule is CNC1CCCN(C(=O)c2nn(-c3ccc(F)cc3)c3c2CCC3)C1.Cl. The number of carbonyl (C=O) groups excluding carboxylic acids is 1. The van der Waals surface area contributed by atoms with E-state index in [-0.39, 0.29) is 24.1 Å². The van der Waals surface area contributed by atoms with Gasteiger partial charge in [0.05, 0.1) is 5.69 Å². The summed E-state index contributed by atoms with van der Waals surface area (Å²) in [6.45, 7) is 1.52. The zero-order valence-corrected chi connectivity index (χ0v) is 15.7. The highest BCUT2D eigenvalue weighted by Crippen LogP contribution is 2.29. The summed E-state index contributed by atoms with van der Waals surface area (Å²) in [5, 5.41) is 7.91. The Morgan fingerprint density at radius 2 is 2.00 bits per heavy atom. The third-order valence-corrected chi connectivity index (χ3v) is 5.32. The smallest absolute Gasteiger partial charge is 0.274 e. The molecule has 0 saturated carbocycles. The highest BCUT2D eigenvalue weighted by Gasteiger charge is 2.31. The van der Waals surface area contributed by atoms with Crippen LogP contribution in [0.2, 0.25) is 0 Å². The number of aromatic nitrogens is 2. The van der Waals surface area contributed by atoms with Crippen LogP contribution >= 0.6 is 12.4 Å². The second-order valence-electron chi connectivity index (χ2n) is 6.89. The van der Waals surface area contributed by atoms with Crippen LogP contribution in [-0.4, -0.2) is 46.8 Å². The normalized spacial score (nSPS) is 19.2. The monoisotopic (exact) mass is 378 g/mol. The minimum Gasteiger partial charge on any atom is -0.336 e. The minimum atomic E-state index is -0.268. The van der Waals surface area contributed by atoms with Crippen LogP contribution in [0.5, 0.6) is 0 Å². The van der Waals surface area contributed by atoms with E-state index in [1.165, 1.54) is 12.1 Å². The second-order valence-corrected chi connectivity index (χ2v) is 6.89. The molecular formula is C19H24ClFN4O. The molecule has 1 atom stereocenters. The number of halogens is 2. The fraction of sp³-hybridized carbons (Fsp3) is 0.474. The molecule has 4 rings (SSSR count). The molecule has 1 aliphatic carbocycles. The zero-order valence-electron chi connectivity index (χ0n) is 14.9. The van der Waals surface area contributed by atoms with Gasteiger partial charge in [0, 0.05) is 30.4 Å². The third-order valence-electron chi connectivity index (χ3n) is 5.32. The van der Waals surface area contributed by atoms with E-state index in [1.54, 1.807) is 12.1 Å². The summed E-state index contributed by atoms with van der Waals surface area (Å²) in [6, 6.07) is 6.65. The topological polar surface area (TPSA) is 50.2 Å². The summed E-state index contributed by atoms with van der Waals surface area (Å²) in [6.07, 6.45) is 4.95. The first-order valence-corrected chi connectivity index (χ1v) is 9.00. The standard InChI is InChI=1S/C19H23FN4O.ClH/c1-21-14-4-3-11-23(12-14)19(25)18-16-5-2-6-17(16)24(22-18)15-9-7-13(20)8-10-15;/h7-10,14,21H,2-6,11-12H2,1H3;1H. The zero-order chi connectivity index (χ0) is 17.4. The number of carbonyl (C=O) groups is 1. The number of likely N-dealkylation sites (N-methyl/N-ethyl adjacent to an activating group) is 1. The van der Waals surface area contributed by atoms with Crippen LogP contribution in [0.15, 0.2) is 24.3 Å². The predicted octanol–water partition coefficient (Wildman–Crippen LogP) is 2.75. The van der Waals surface area contributed by atoms with Crippen LogP contribution in [0, 0.1) is 5.82 Å². The lowest BCUT2D eigenvalue weighted by Gasteiger charge is -2.32. The summed E-state index contributed by atoms with van der Waals surface area (Å²) in [5.41, 5.74) is 3.55. The van der Waals surface area contributed by atoms with Crippen molar-refractivity contribution in [3.05, 3.63) is 47.0 Å². The number of hydrogen-bond acceptors (Lipinski definition) is 3. The molecule has 2 aliphatic rings. The minimum absolute atomic E-state index is 0. The van der Waals surface area contributed by atoms with Crippen LogP contribution in [0.25, 0.3) is 5.69 Å². The molecule has 0 spiro atoms. The van der Waals surface area contributed by atoms with Crippen molar-refractivity contribution in [2.24, 2.45) is 0 Å².